The Balaban J connectivity index is 2.45. The molecule has 0 bridgehead atoms. The van der Waals surface area contributed by atoms with E-state index in [-0.39, 0.29) is 17.9 Å². The Morgan fingerprint density at radius 1 is 1.65 bits per heavy atom. The molecule has 1 unspecified atom stereocenters. The molecule has 0 aliphatic heterocycles. The molecule has 0 spiro atoms. The standard InChI is InChI=1S/C10H18N4O3/c1-10(2,3)11-6-8(15)7-13-5-4-9(12-13)14(16)17/h4-5,8,11,15H,6-7H2,1-3H3. The van der Waals surface area contributed by atoms with Gasteiger partial charge >= 0.3 is 5.82 Å². The van der Waals surface area contributed by atoms with Crippen LogP contribution in [0.25, 0.3) is 0 Å². The van der Waals surface area contributed by atoms with Crippen LogP contribution in [0, 0.1) is 10.1 Å². The molecular weight excluding hydrogens is 224 g/mol. The second-order valence-electron chi connectivity index (χ2n) is 4.94. The summed E-state index contributed by atoms with van der Waals surface area (Å²) in [7, 11) is 0. The maximum absolute atomic E-state index is 10.4. The van der Waals surface area contributed by atoms with Gasteiger partial charge in [0.2, 0.25) is 0 Å². The normalized spacial score (nSPS) is 13.6. The van der Waals surface area contributed by atoms with E-state index >= 15 is 0 Å². The van der Waals surface area contributed by atoms with E-state index in [0.29, 0.717) is 6.54 Å². The molecule has 2 N–H and O–H groups in total. The zero-order valence-electron chi connectivity index (χ0n) is 10.3. The monoisotopic (exact) mass is 242 g/mol. The lowest BCUT2D eigenvalue weighted by molar-refractivity contribution is -0.389. The SMILES string of the molecule is CC(C)(C)NCC(O)Cn1ccc([N+](=O)[O-])n1. The van der Waals surface area contributed by atoms with Gasteiger partial charge in [0.1, 0.15) is 0 Å². The lowest BCUT2D eigenvalue weighted by Gasteiger charge is -2.22. The molecular formula is C10H18N4O3. The summed E-state index contributed by atoms with van der Waals surface area (Å²) in [6.07, 6.45) is 0.854. The Morgan fingerprint density at radius 2 is 2.29 bits per heavy atom. The predicted octanol–water partition coefficient (Wildman–Crippen LogP) is 0.540. The van der Waals surface area contributed by atoms with E-state index in [1.807, 2.05) is 20.8 Å². The molecule has 7 heteroatoms. The van der Waals surface area contributed by atoms with Crippen LogP contribution in [0.3, 0.4) is 0 Å². The molecule has 0 saturated carbocycles. The number of nitrogens with zero attached hydrogens (tertiary/aromatic N) is 3. The number of aliphatic hydroxyl groups excluding tert-OH is 1. The summed E-state index contributed by atoms with van der Waals surface area (Å²) in [5.41, 5.74) is -0.0723. The molecule has 1 heterocycles. The Labute approximate surface area is 99.6 Å². The van der Waals surface area contributed by atoms with Crippen molar-refractivity contribution < 1.29 is 10.0 Å². The average molecular weight is 242 g/mol. The summed E-state index contributed by atoms with van der Waals surface area (Å²) in [6, 6.07) is 1.31. The number of aliphatic hydroxyl groups is 1. The van der Waals surface area contributed by atoms with E-state index in [0.717, 1.165) is 0 Å². The van der Waals surface area contributed by atoms with Crippen LogP contribution >= 0.6 is 0 Å². The van der Waals surface area contributed by atoms with Gasteiger partial charge in [-0.15, -0.1) is 0 Å². The predicted molar refractivity (Wildman–Crippen MR) is 62.6 cm³/mol. The molecule has 1 atom stereocenters. The van der Waals surface area contributed by atoms with Crippen molar-refractivity contribution >= 4 is 5.82 Å². The van der Waals surface area contributed by atoms with Gasteiger partial charge < -0.3 is 20.5 Å². The molecule has 0 aromatic carbocycles. The average Bonchev–Trinajstić information content (AvgIpc) is 2.62. The van der Waals surface area contributed by atoms with Crippen LogP contribution in [-0.2, 0) is 6.54 Å². The van der Waals surface area contributed by atoms with E-state index < -0.39 is 11.0 Å². The maximum Gasteiger partial charge on any atom is 0.389 e. The molecule has 17 heavy (non-hydrogen) atoms. The minimum absolute atomic E-state index is 0.0723. The summed E-state index contributed by atoms with van der Waals surface area (Å²) in [4.78, 5) is 9.85. The first-order valence-electron chi connectivity index (χ1n) is 5.39. The van der Waals surface area contributed by atoms with E-state index in [1.165, 1.54) is 16.9 Å². The zero-order chi connectivity index (χ0) is 13.1. The van der Waals surface area contributed by atoms with Crippen LogP contribution in [0.2, 0.25) is 0 Å². The van der Waals surface area contributed by atoms with Gasteiger partial charge in [0.15, 0.2) is 0 Å². The van der Waals surface area contributed by atoms with Crippen molar-refractivity contribution in [3.63, 3.8) is 0 Å². The fourth-order valence-electron chi connectivity index (χ4n) is 1.25. The number of rotatable bonds is 5. The fraction of sp³-hybridized carbons (Fsp3) is 0.700. The number of nitro groups is 1. The van der Waals surface area contributed by atoms with Crippen molar-refractivity contribution in [2.24, 2.45) is 0 Å². The van der Waals surface area contributed by atoms with Gasteiger partial charge in [-0.2, -0.15) is 4.68 Å². The van der Waals surface area contributed by atoms with Gasteiger partial charge in [-0.3, -0.25) is 0 Å². The molecule has 96 valence electrons. The Bertz CT molecular complexity index is 383. The minimum Gasteiger partial charge on any atom is -0.390 e. The molecule has 0 aliphatic rings. The Morgan fingerprint density at radius 3 is 2.76 bits per heavy atom. The zero-order valence-corrected chi connectivity index (χ0v) is 10.3. The van der Waals surface area contributed by atoms with Crippen molar-refractivity contribution in [3.05, 3.63) is 22.4 Å². The van der Waals surface area contributed by atoms with Crippen molar-refractivity contribution in [1.82, 2.24) is 15.1 Å². The number of hydrogen-bond acceptors (Lipinski definition) is 5. The Hall–Kier alpha value is -1.47. The topological polar surface area (TPSA) is 93.2 Å². The van der Waals surface area contributed by atoms with Gasteiger partial charge in [-0.25, -0.2) is 0 Å². The number of nitrogens with one attached hydrogen (secondary N) is 1. The molecule has 7 nitrogen and oxygen atoms in total. The first-order chi connectivity index (χ1) is 7.78. The fourth-order valence-corrected chi connectivity index (χ4v) is 1.25. The number of aromatic nitrogens is 2. The van der Waals surface area contributed by atoms with Crippen LogP contribution < -0.4 is 5.32 Å². The van der Waals surface area contributed by atoms with Gasteiger partial charge in [-0.05, 0) is 25.7 Å². The number of hydrogen-bond donors (Lipinski definition) is 2. The highest BCUT2D eigenvalue weighted by Gasteiger charge is 2.16. The van der Waals surface area contributed by atoms with E-state index in [2.05, 4.69) is 10.4 Å². The van der Waals surface area contributed by atoms with Crippen molar-refractivity contribution in [2.75, 3.05) is 6.54 Å². The second-order valence-corrected chi connectivity index (χ2v) is 4.94. The van der Waals surface area contributed by atoms with Crippen LogP contribution in [0.5, 0.6) is 0 Å². The third kappa shape index (κ3) is 4.92. The van der Waals surface area contributed by atoms with Gasteiger partial charge in [0, 0.05) is 12.1 Å². The number of β-amino-alcohol motifs (C(OH)–C–C–N with tert-alkyl or cyclic N) is 1. The molecule has 0 aliphatic carbocycles. The lowest BCUT2D eigenvalue weighted by Crippen LogP contribution is -2.42. The van der Waals surface area contributed by atoms with Gasteiger partial charge in [-0.1, -0.05) is 0 Å². The van der Waals surface area contributed by atoms with Gasteiger partial charge in [0.05, 0.1) is 30.0 Å². The van der Waals surface area contributed by atoms with Crippen molar-refractivity contribution in [2.45, 2.75) is 39.0 Å². The molecule has 1 aromatic rings. The molecule has 1 aromatic heterocycles. The molecule has 0 fully saturated rings. The van der Waals surface area contributed by atoms with Crippen LogP contribution in [0.4, 0.5) is 5.82 Å². The highest BCUT2D eigenvalue weighted by molar-refractivity contribution is 5.13. The highest BCUT2D eigenvalue weighted by atomic mass is 16.6. The molecule has 0 amide bonds. The first kappa shape index (κ1) is 13.6. The smallest absolute Gasteiger partial charge is 0.389 e. The Kier molecular flexibility index (Phi) is 4.19. The van der Waals surface area contributed by atoms with E-state index in [9.17, 15) is 15.2 Å². The molecule has 0 saturated heterocycles. The maximum atomic E-state index is 10.4. The van der Waals surface area contributed by atoms with Crippen molar-refractivity contribution in [3.8, 4) is 0 Å². The molecule has 1 rings (SSSR count). The summed E-state index contributed by atoms with van der Waals surface area (Å²) < 4.78 is 1.37. The van der Waals surface area contributed by atoms with E-state index in [1.54, 1.807) is 0 Å². The van der Waals surface area contributed by atoms with Crippen molar-refractivity contribution in [1.29, 1.82) is 0 Å². The third-order valence-corrected chi connectivity index (χ3v) is 2.08. The first-order valence-corrected chi connectivity index (χ1v) is 5.39. The van der Waals surface area contributed by atoms with E-state index in [4.69, 9.17) is 0 Å². The van der Waals surface area contributed by atoms with Gasteiger partial charge in [0.25, 0.3) is 0 Å². The van der Waals surface area contributed by atoms with Crippen LogP contribution in [-0.4, -0.2) is 38.0 Å². The van der Waals surface area contributed by atoms with Crippen LogP contribution in [0.1, 0.15) is 20.8 Å². The minimum atomic E-state index is -0.631. The largest absolute Gasteiger partial charge is 0.390 e. The third-order valence-electron chi connectivity index (χ3n) is 2.08. The highest BCUT2D eigenvalue weighted by Crippen LogP contribution is 2.06. The lowest BCUT2D eigenvalue weighted by atomic mass is 10.1. The summed E-state index contributed by atoms with van der Waals surface area (Å²) in [5.74, 6) is -0.207. The van der Waals surface area contributed by atoms with Crippen LogP contribution in [0.15, 0.2) is 12.3 Å². The summed E-state index contributed by atoms with van der Waals surface area (Å²) >= 11 is 0. The summed E-state index contributed by atoms with van der Waals surface area (Å²) in [6.45, 7) is 6.64. The molecule has 0 radical (unpaired) electrons. The quantitative estimate of drug-likeness (QED) is 0.580. The summed E-state index contributed by atoms with van der Waals surface area (Å²) in [5, 5.41) is 27.0. The second kappa shape index (κ2) is 5.24.